The minimum Gasteiger partial charge on any atom is -0.454 e. The van der Waals surface area contributed by atoms with Crippen molar-refractivity contribution in [1.29, 1.82) is 0 Å². The van der Waals surface area contributed by atoms with E-state index in [0.717, 1.165) is 0 Å². The van der Waals surface area contributed by atoms with Crippen LogP contribution in [0.4, 0.5) is 5.69 Å². The molecule has 0 aliphatic heterocycles. The summed E-state index contributed by atoms with van der Waals surface area (Å²) < 4.78 is 5.08. The summed E-state index contributed by atoms with van der Waals surface area (Å²) in [5.41, 5.74) is 1.44. The summed E-state index contributed by atoms with van der Waals surface area (Å²) in [4.78, 5) is 48.0. The normalized spacial score (nSPS) is 11.4. The van der Waals surface area contributed by atoms with Crippen LogP contribution >= 0.6 is 0 Å². The van der Waals surface area contributed by atoms with Crippen molar-refractivity contribution >= 4 is 29.3 Å². The van der Waals surface area contributed by atoms with Gasteiger partial charge >= 0.3 is 5.97 Å². The third kappa shape index (κ3) is 6.57. The van der Waals surface area contributed by atoms with Crippen LogP contribution in [-0.4, -0.2) is 36.2 Å². The minimum atomic E-state index is -0.884. The van der Waals surface area contributed by atoms with Gasteiger partial charge in [0.1, 0.15) is 6.04 Å². The van der Waals surface area contributed by atoms with Crippen molar-refractivity contribution in [3.63, 3.8) is 0 Å². The first-order valence-electron chi connectivity index (χ1n) is 9.21. The van der Waals surface area contributed by atoms with E-state index in [0.29, 0.717) is 16.8 Å². The molecule has 0 aliphatic carbocycles. The van der Waals surface area contributed by atoms with Gasteiger partial charge in [0.15, 0.2) is 12.4 Å². The first-order valence-corrected chi connectivity index (χ1v) is 9.21. The molecule has 1 atom stereocenters. The Morgan fingerprint density at radius 2 is 1.52 bits per heavy atom. The van der Waals surface area contributed by atoms with Crippen LogP contribution in [0.1, 0.15) is 41.5 Å². The Morgan fingerprint density at radius 1 is 0.897 bits per heavy atom. The molecule has 2 aromatic carbocycles. The molecule has 2 N–H and O–H groups in total. The van der Waals surface area contributed by atoms with Crippen molar-refractivity contribution in [2.45, 2.75) is 26.8 Å². The van der Waals surface area contributed by atoms with Gasteiger partial charge in [0.05, 0.1) is 0 Å². The number of rotatable bonds is 8. The van der Waals surface area contributed by atoms with Crippen LogP contribution in [0.2, 0.25) is 0 Å². The summed E-state index contributed by atoms with van der Waals surface area (Å²) in [6.45, 7) is 4.51. The molecule has 0 heterocycles. The molecule has 0 fully saturated rings. The maximum atomic E-state index is 12.4. The van der Waals surface area contributed by atoms with Gasteiger partial charge < -0.3 is 15.4 Å². The second-order valence-electron chi connectivity index (χ2n) is 6.85. The maximum absolute atomic E-state index is 12.4. The van der Waals surface area contributed by atoms with E-state index in [1.165, 1.54) is 6.92 Å². The summed E-state index contributed by atoms with van der Waals surface area (Å²) in [6.07, 6.45) is 0. The summed E-state index contributed by atoms with van der Waals surface area (Å²) in [5.74, 6) is -1.90. The predicted octanol–water partition coefficient (Wildman–Crippen LogP) is 2.83. The van der Waals surface area contributed by atoms with Gasteiger partial charge in [-0.25, -0.2) is 4.79 Å². The lowest BCUT2D eigenvalue weighted by atomic mass is 10.0. The predicted molar refractivity (Wildman–Crippen MR) is 109 cm³/mol. The SMILES string of the molecule is CC(=O)c1ccc(NC(=O)COC(=O)[C@H](NC(=O)c2ccccc2)C(C)C)cc1. The van der Waals surface area contributed by atoms with Crippen LogP contribution in [0.25, 0.3) is 0 Å². The number of ketones is 1. The van der Waals surface area contributed by atoms with E-state index in [1.54, 1.807) is 68.4 Å². The average Bonchev–Trinajstić information content (AvgIpc) is 2.70. The number of amides is 2. The van der Waals surface area contributed by atoms with Gasteiger partial charge in [-0.2, -0.15) is 0 Å². The fourth-order valence-corrected chi connectivity index (χ4v) is 2.52. The molecular weight excluding hydrogens is 372 g/mol. The number of carbonyl (C=O) groups is 4. The third-order valence-electron chi connectivity index (χ3n) is 4.16. The number of hydrogen-bond acceptors (Lipinski definition) is 5. The monoisotopic (exact) mass is 396 g/mol. The molecule has 2 amide bonds. The zero-order chi connectivity index (χ0) is 21.4. The molecule has 152 valence electrons. The molecule has 2 aromatic rings. The highest BCUT2D eigenvalue weighted by atomic mass is 16.5. The molecule has 0 bridgehead atoms. The lowest BCUT2D eigenvalue weighted by Gasteiger charge is -2.20. The zero-order valence-electron chi connectivity index (χ0n) is 16.6. The van der Waals surface area contributed by atoms with E-state index in [9.17, 15) is 19.2 Å². The Hall–Kier alpha value is -3.48. The fourth-order valence-electron chi connectivity index (χ4n) is 2.52. The molecule has 2 rings (SSSR count). The van der Waals surface area contributed by atoms with Crippen LogP contribution in [-0.2, 0) is 14.3 Å². The lowest BCUT2D eigenvalue weighted by Crippen LogP contribution is -2.45. The van der Waals surface area contributed by atoms with E-state index in [-0.39, 0.29) is 11.7 Å². The highest BCUT2D eigenvalue weighted by Crippen LogP contribution is 2.11. The number of benzene rings is 2. The van der Waals surface area contributed by atoms with Crippen molar-refractivity contribution in [1.82, 2.24) is 5.32 Å². The Bertz CT molecular complexity index is 876. The molecular formula is C22H24N2O5. The highest BCUT2D eigenvalue weighted by Gasteiger charge is 2.26. The number of hydrogen-bond donors (Lipinski definition) is 2. The number of esters is 1. The van der Waals surface area contributed by atoms with Crippen molar-refractivity contribution in [2.24, 2.45) is 5.92 Å². The molecule has 0 aliphatic rings. The number of carbonyl (C=O) groups excluding carboxylic acids is 4. The van der Waals surface area contributed by atoms with Crippen molar-refractivity contribution in [3.8, 4) is 0 Å². The Balaban J connectivity index is 1.89. The first kappa shape index (κ1) is 21.8. The fraction of sp³-hybridized carbons (Fsp3) is 0.273. The Morgan fingerprint density at radius 3 is 2.07 bits per heavy atom. The van der Waals surface area contributed by atoms with Crippen LogP contribution in [0.5, 0.6) is 0 Å². The first-order chi connectivity index (χ1) is 13.8. The standard InChI is InChI=1S/C22H24N2O5/c1-14(2)20(24-21(27)17-7-5-4-6-8-17)22(28)29-13-19(26)23-18-11-9-16(10-12-18)15(3)25/h4-12,14,20H,13H2,1-3H3,(H,23,26)(H,24,27)/t20-/m1/s1. The molecule has 0 aromatic heterocycles. The molecule has 7 heteroatoms. The molecule has 7 nitrogen and oxygen atoms in total. The van der Waals surface area contributed by atoms with E-state index < -0.39 is 30.4 Å². The van der Waals surface area contributed by atoms with Crippen molar-refractivity contribution in [3.05, 3.63) is 65.7 Å². The van der Waals surface area contributed by atoms with Crippen LogP contribution in [0, 0.1) is 5.92 Å². The second-order valence-corrected chi connectivity index (χ2v) is 6.85. The van der Waals surface area contributed by atoms with Gasteiger partial charge in [-0.1, -0.05) is 32.0 Å². The minimum absolute atomic E-state index is 0.0749. The largest absolute Gasteiger partial charge is 0.454 e. The van der Waals surface area contributed by atoms with Gasteiger partial charge in [0.25, 0.3) is 11.8 Å². The van der Waals surface area contributed by atoms with E-state index in [1.807, 2.05) is 0 Å². The van der Waals surface area contributed by atoms with E-state index in [2.05, 4.69) is 10.6 Å². The van der Waals surface area contributed by atoms with Crippen molar-refractivity contribution in [2.75, 3.05) is 11.9 Å². The average molecular weight is 396 g/mol. The van der Waals surface area contributed by atoms with Gasteiger partial charge in [0, 0.05) is 16.8 Å². The van der Waals surface area contributed by atoms with Gasteiger partial charge in [0.2, 0.25) is 0 Å². The van der Waals surface area contributed by atoms with E-state index >= 15 is 0 Å². The molecule has 0 spiro atoms. The number of nitrogens with one attached hydrogen (secondary N) is 2. The number of Topliss-reactive ketones (excluding diaryl/α,β-unsaturated/α-hetero) is 1. The molecule has 0 radical (unpaired) electrons. The molecule has 0 saturated heterocycles. The summed E-state index contributed by atoms with van der Waals surface area (Å²) >= 11 is 0. The van der Waals surface area contributed by atoms with Gasteiger partial charge in [-0.15, -0.1) is 0 Å². The summed E-state index contributed by atoms with van der Waals surface area (Å²) in [7, 11) is 0. The number of anilines is 1. The Kier molecular flexibility index (Phi) is 7.65. The lowest BCUT2D eigenvalue weighted by molar-refractivity contribution is -0.150. The topological polar surface area (TPSA) is 102 Å². The van der Waals surface area contributed by atoms with Crippen molar-refractivity contribution < 1.29 is 23.9 Å². The third-order valence-corrected chi connectivity index (χ3v) is 4.16. The smallest absolute Gasteiger partial charge is 0.329 e. The quantitative estimate of drug-likeness (QED) is 0.528. The second kappa shape index (κ2) is 10.2. The van der Waals surface area contributed by atoms with Crippen LogP contribution < -0.4 is 10.6 Å². The zero-order valence-corrected chi connectivity index (χ0v) is 16.6. The van der Waals surface area contributed by atoms with Crippen LogP contribution in [0.3, 0.4) is 0 Å². The van der Waals surface area contributed by atoms with Gasteiger partial charge in [-0.3, -0.25) is 14.4 Å². The molecule has 0 saturated carbocycles. The Labute approximate surface area is 169 Å². The summed E-state index contributed by atoms with van der Waals surface area (Å²) in [5, 5.41) is 5.23. The maximum Gasteiger partial charge on any atom is 0.329 e. The molecule has 0 unspecified atom stereocenters. The number of ether oxygens (including phenoxy) is 1. The van der Waals surface area contributed by atoms with E-state index in [4.69, 9.17) is 4.74 Å². The van der Waals surface area contributed by atoms with Gasteiger partial charge in [-0.05, 0) is 49.2 Å². The summed E-state index contributed by atoms with van der Waals surface area (Å²) in [6, 6.07) is 14.0. The van der Waals surface area contributed by atoms with Crippen LogP contribution in [0.15, 0.2) is 54.6 Å². The molecule has 29 heavy (non-hydrogen) atoms. The highest BCUT2D eigenvalue weighted by molar-refractivity contribution is 5.98.